The lowest BCUT2D eigenvalue weighted by Gasteiger charge is -2.23. The molecule has 0 aliphatic carbocycles. The Morgan fingerprint density at radius 3 is 2.81 bits per heavy atom. The van der Waals surface area contributed by atoms with E-state index in [-0.39, 0.29) is 24.2 Å². The van der Waals surface area contributed by atoms with Crippen LogP contribution in [0.15, 0.2) is 18.2 Å². The number of hydrogen-bond donors (Lipinski definition) is 3. The van der Waals surface area contributed by atoms with Crippen molar-refractivity contribution in [2.75, 3.05) is 10.6 Å². The molecule has 1 heterocycles. The van der Waals surface area contributed by atoms with Crippen molar-refractivity contribution in [3.63, 3.8) is 0 Å². The molecule has 4 N–H and O–H groups in total. The van der Waals surface area contributed by atoms with Crippen molar-refractivity contribution in [1.29, 1.82) is 0 Å². The number of halogens is 1. The summed E-state index contributed by atoms with van der Waals surface area (Å²) in [5.74, 6) is -0.147. The molecule has 0 bridgehead atoms. The van der Waals surface area contributed by atoms with Crippen molar-refractivity contribution >= 4 is 35.6 Å². The van der Waals surface area contributed by atoms with Gasteiger partial charge in [-0.1, -0.05) is 13.3 Å². The summed E-state index contributed by atoms with van der Waals surface area (Å²) >= 11 is 0. The van der Waals surface area contributed by atoms with Gasteiger partial charge in [0.25, 0.3) is 0 Å². The Bertz CT molecular complexity index is 544. The molecule has 2 rings (SSSR count). The summed E-state index contributed by atoms with van der Waals surface area (Å²) < 4.78 is 0. The maximum Gasteiger partial charge on any atom is 0.244 e. The lowest BCUT2D eigenvalue weighted by molar-refractivity contribution is -0.121. The molecule has 0 saturated heterocycles. The Hall–Kier alpha value is -1.59. The Labute approximate surface area is 131 Å². The number of amides is 2. The molecule has 1 aliphatic heterocycles. The molecule has 1 aliphatic rings. The smallest absolute Gasteiger partial charge is 0.244 e. The van der Waals surface area contributed by atoms with Gasteiger partial charge in [-0.2, -0.15) is 0 Å². The van der Waals surface area contributed by atoms with Gasteiger partial charge in [0.15, 0.2) is 0 Å². The quantitative estimate of drug-likeness (QED) is 0.798. The van der Waals surface area contributed by atoms with E-state index >= 15 is 0 Å². The SMILES string of the molecule is CCCC(C)(N)C(=O)Nc1ccc2c(c1)CCC(=O)N2.Cl. The maximum absolute atomic E-state index is 12.1. The molecule has 21 heavy (non-hydrogen) atoms. The minimum atomic E-state index is -0.862. The lowest BCUT2D eigenvalue weighted by Crippen LogP contribution is -2.48. The van der Waals surface area contributed by atoms with Crippen molar-refractivity contribution in [3.05, 3.63) is 23.8 Å². The fourth-order valence-corrected chi connectivity index (χ4v) is 2.37. The molecule has 5 nitrogen and oxygen atoms in total. The molecule has 1 atom stereocenters. The number of fused-ring (bicyclic) bond motifs is 1. The van der Waals surface area contributed by atoms with Gasteiger partial charge in [0.1, 0.15) is 0 Å². The fraction of sp³-hybridized carbons (Fsp3) is 0.467. The molecule has 2 amide bonds. The highest BCUT2D eigenvalue weighted by atomic mass is 35.5. The third-order valence-electron chi connectivity index (χ3n) is 3.55. The zero-order valence-corrected chi connectivity index (χ0v) is 13.2. The molecule has 116 valence electrons. The van der Waals surface area contributed by atoms with Gasteiger partial charge in [-0.05, 0) is 43.5 Å². The van der Waals surface area contributed by atoms with E-state index in [9.17, 15) is 9.59 Å². The molecule has 1 aromatic carbocycles. The number of carbonyl (C=O) groups excluding carboxylic acids is 2. The van der Waals surface area contributed by atoms with E-state index in [2.05, 4.69) is 10.6 Å². The van der Waals surface area contributed by atoms with Gasteiger partial charge >= 0.3 is 0 Å². The molecule has 0 aromatic heterocycles. The van der Waals surface area contributed by atoms with Crippen LogP contribution >= 0.6 is 12.4 Å². The average molecular weight is 312 g/mol. The highest BCUT2D eigenvalue weighted by Crippen LogP contribution is 2.26. The number of anilines is 2. The van der Waals surface area contributed by atoms with Crippen molar-refractivity contribution in [1.82, 2.24) is 0 Å². The number of aryl methyl sites for hydroxylation is 1. The first-order chi connectivity index (χ1) is 9.42. The Morgan fingerprint density at radius 2 is 2.14 bits per heavy atom. The van der Waals surface area contributed by atoms with Crippen LogP contribution in [0.1, 0.15) is 38.7 Å². The molecule has 0 radical (unpaired) electrons. The van der Waals surface area contributed by atoms with E-state index < -0.39 is 5.54 Å². The number of benzene rings is 1. The molecule has 0 saturated carbocycles. The third kappa shape index (κ3) is 4.19. The fourth-order valence-electron chi connectivity index (χ4n) is 2.37. The van der Waals surface area contributed by atoms with Gasteiger partial charge in [0, 0.05) is 17.8 Å². The van der Waals surface area contributed by atoms with Crippen LogP contribution in [0.2, 0.25) is 0 Å². The van der Waals surface area contributed by atoms with E-state index in [0.717, 1.165) is 23.4 Å². The van der Waals surface area contributed by atoms with E-state index in [1.54, 1.807) is 13.0 Å². The zero-order valence-electron chi connectivity index (χ0n) is 12.4. The van der Waals surface area contributed by atoms with Gasteiger partial charge in [-0.15, -0.1) is 12.4 Å². The zero-order chi connectivity index (χ0) is 14.8. The number of rotatable bonds is 4. The van der Waals surface area contributed by atoms with Crippen LogP contribution in [0.3, 0.4) is 0 Å². The summed E-state index contributed by atoms with van der Waals surface area (Å²) in [7, 11) is 0. The number of nitrogens with two attached hydrogens (primary N) is 1. The van der Waals surface area contributed by atoms with Crippen LogP contribution in [-0.4, -0.2) is 17.4 Å². The summed E-state index contributed by atoms with van der Waals surface area (Å²) in [6, 6.07) is 5.49. The Morgan fingerprint density at radius 1 is 1.43 bits per heavy atom. The van der Waals surface area contributed by atoms with E-state index in [0.29, 0.717) is 19.3 Å². The first kappa shape index (κ1) is 17.5. The molecule has 1 aromatic rings. The minimum absolute atomic E-state index is 0. The molecule has 1 unspecified atom stereocenters. The van der Waals surface area contributed by atoms with Crippen LogP contribution in [0.5, 0.6) is 0 Å². The first-order valence-electron chi connectivity index (χ1n) is 6.95. The number of hydrogen-bond acceptors (Lipinski definition) is 3. The monoisotopic (exact) mass is 311 g/mol. The normalized spacial score (nSPS) is 16.0. The second-order valence-corrected chi connectivity index (χ2v) is 5.54. The highest BCUT2D eigenvalue weighted by Gasteiger charge is 2.27. The predicted molar refractivity (Wildman–Crippen MR) is 86.8 cm³/mol. The van der Waals surface area contributed by atoms with Gasteiger partial charge in [0.05, 0.1) is 5.54 Å². The second kappa shape index (κ2) is 6.91. The largest absolute Gasteiger partial charge is 0.326 e. The van der Waals surface area contributed by atoms with E-state index in [4.69, 9.17) is 5.73 Å². The van der Waals surface area contributed by atoms with Crippen LogP contribution in [0.4, 0.5) is 11.4 Å². The molecular weight excluding hydrogens is 290 g/mol. The second-order valence-electron chi connectivity index (χ2n) is 5.54. The lowest BCUT2D eigenvalue weighted by atomic mass is 9.96. The molecule has 0 spiro atoms. The van der Waals surface area contributed by atoms with Crippen molar-refractivity contribution in [2.24, 2.45) is 5.73 Å². The van der Waals surface area contributed by atoms with E-state index in [1.165, 1.54) is 0 Å². The first-order valence-corrected chi connectivity index (χ1v) is 6.95. The summed E-state index contributed by atoms with van der Waals surface area (Å²) in [6.07, 6.45) is 2.67. The summed E-state index contributed by atoms with van der Waals surface area (Å²) in [5.41, 5.74) is 7.72. The van der Waals surface area contributed by atoms with Gasteiger partial charge in [-0.25, -0.2) is 0 Å². The summed E-state index contributed by atoms with van der Waals surface area (Å²) in [4.78, 5) is 23.4. The standard InChI is InChI=1S/C15H21N3O2.ClH/c1-3-8-15(2,16)14(20)17-11-5-6-12-10(9-11)4-7-13(19)18-12;/h5-6,9H,3-4,7-8,16H2,1-2H3,(H,17,20)(H,18,19);1H. The maximum atomic E-state index is 12.1. The minimum Gasteiger partial charge on any atom is -0.326 e. The summed E-state index contributed by atoms with van der Waals surface area (Å²) in [6.45, 7) is 3.74. The van der Waals surface area contributed by atoms with Gasteiger partial charge < -0.3 is 16.4 Å². The predicted octanol–water partition coefficient (Wildman–Crippen LogP) is 2.45. The van der Waals surface area contributed by atoms with Crippen LogP contribution in [-0.2, 0) is 16.0 Å². The Balaban J connectivity index is 0.00000220. The highest BCUT2D eigenvalue weighted by molar-refractivity contribution is 5.99. The average Bonchev–Trinajstić information content (AvgIpc) is 2.39. The van der Waals surface area contributed by atoms with Gasteiger partial charge in [0.2, 0.25) is 11.8 Å². The summed E-state index contributed by atoms with van der Waals surface area (Å²) in [5, 5.41) is 5.67. The van der Waals surface area contributed by atoms with Crippen LogP contribution in [0, 0.1) is 0 Å². The number of nitrogens with one attached hydrogen (secondary N) is 2. The van der Waals surface area contributed by atoms with E-state index in [1.807, 2.05) is 19.1 Å². The molecule has 6 heteroatoms. The van der Waals surface area contributed by atoms with Gasteiger partial charge in [-0.3, -0.25) is 9.59 Å². The third-order valence-corrected chi connectivity index (χ3v) is 3.55. The Kier molecular flexibility index (Phi) is 5.75. The molecule has 0 fully saturated rings. The van der Waals surface area contributed by atoms with Crippen LogP contribution in [0.25, 0.3) is 0 Å². The van der Waals surface area contributed by atoms with Crippen LogP contribution < -0.4 is 16.4 Å². The number of carbonyl (C=O) groups is 2. The molecular formula is C15H22ClN3O2. The topological polar surface area (TPSA) is 84.2 Å². The van der Waals surface area contributed by atoms with Crippen molar-refractivity contribution in [2.45, 2.75) is 45.1 Å². The van der Waals surface area contributed by atoms with Crippen molar-refractivity contribution in [3.8, 4) is 0 Å². The van der Waals surface area contributed by atoms with Crippen molar-refractivity contribution < 1.29 is 9.59 Å².